The Morgan fingerprint density at radius 1 is 1.18 bits per heavy atom. The molecule has 0 unspecified atom stereocenters. The van der Waals surface area contributed by atoms with Crippen LogP contribution in [0.25, 0.3) is 0 Å². The average Bonchev–Trinajstić information content (AvgIpc) is 2.84. The van der Waals surface area contributed by atoms with Gasteiger partial charge in [-0.2, -0.15) is 0 Å². The Hall–Kier alpha value is -3.70. The van der Waals surface area contributed by atoms with E-state index in [1.165, 1.54) is 6.92 Å². The monoisotopic (exact) mass is 543 g/mol. The van der Waals surface area contributed by atoms with Crippen molar-refractivity contribution in [2.24, 2.45) is 17.6 Å². The zero-order chi connectivity index (χ0) is 29.2. The number of phenolic OH excluding ortho intramolecular Hbond substituents is 1. The first-order valence-corrected chi connectivity index (χ1v) is 12.7. The van der Waals surface area contributed by atoms with E-state index in [9.17, 15) is 44.7 Å². The van der Waals surface area contributed by atoms with Gasteiger partial charge in [-0.15, -0.1) is 0 Å². The molecule has 5 atom stereocenters. The highest BCUT2D eigenvalue weighted by Crippen LogP contribution is 2.55. The van der Waals surface area contributed by atoms with Gasteiger partial charge in [-0.1, -0.05) is 32.9 Å². The number of hydrogen-bond donors (Lipinski definition) is 6. The summed E-state index contributed by atoms with van der Waals surface area (Å²) in [5.74, 6) is -9.30. The van der Waals surface area contributed by atoms with Gasteiger partial charge in [0.1, 0.15) is 22.8 Å². The van der Waals surface area contributed by atoms with E-state index in [1.54, 1.807) is 19.1 Å². The molecule has 11 heteroatoms. The second kappa shape index (κ2) is 9.49. The van der Waals surface area contributed by atoms with E-state index in [-0.39, 0.29) is 17.9 Å². The number of Topliss-reactive ketones (excluding diaryl/α,β-unsaturated/α-hetero) is 2. The molecule has 0 saturated carbocycles. The Balaban J connectivity index is 1.83. The Bertz CT molecular complexity index is 1360. The average molecular weight is 544 g/mol. The van der Waals surface area contributed by atoms with Gasteiger partial charge in [-0.25, -0.2) is 0 Å². The summed E-state index contributed by atoms with van der Waals surface area (Å²) in [6.07, 6.45) is -1.12. The molecule has 0 saturated heterocycles. The van der Waals surface area contributed by atoms with Crippen LogP contribution >= 0.6 is 0 Å². The number of carbonyl (C=O) groups excluding carboxylic acids is 4. The Kier molecular flexibility index (Phi) is 6.89. The Morgan fingerprint density at radius 2 is 1.82 bits per heavy atom. The van der Waals surface area contributed by atoms with E-state index in [0.717, 1.165) is 0 Å². The molecule has 0 spiro atoms. The van der Waals surface area contributed by atoms with Gasteiger partial charge in [0.05, 0.1) is 18.3 Å². The topological polar surface area (TPSA) is 205 Å². The van der Waals surface area contributed by atoms with Gasteiger partial charge in [0.2, 0.25) is 5.78 Å². The zero-order valence-electron chi connectivity index (χ0n) is 22.1. The predicted octanol–water partition coefficient (Wildman–Crippen LogP) is 1.73. The Labute approximate surface area is 224 Å². The fourth-order valence-corrected chi connectivity index (χ4v) is 6.41. The molecule has 0 heterocycles. The van der Waals surface area contributed by atoms with Crippen molar-refractivity contribution in [1.82, 2.24) is 0 Å². The van der Waals surface area contributed by atoms with Crippen LogP contribution in [0.5, 0.6) is 5.75 Å². The van der Waals surface area contributed by atoms with Gasteiger partial charge in [-0.05, 0) is 29.7 Å². The number of aliphatic hydroxyl groups excluding tert-OH is 3. The van der Waals surface area contributed by atoms with E-state index in [1.807, 2.05) is 13.8 Å². The summed E-state index contributed by atoms with van der Waals surface area (Å²) in [6.45, 7) is 6.86. The minimum atomic E-state index is -2.88. The lowest BCUT2D eigenvalue weighted by atomic mass is 9.56. The molecular weight excluding hydrogens is 510 g/mol. The Morgan fingerprint density at radius 3 is 2.41 bits per heavy atom. The molecule has 3 aliphatic carbocycles. The van der Waals surface area contributed by atoms with Crippen molar-refractivity contribution in [3.8, 4) is 5.75 Å². The van der Waals surface area contributed by atoms with E-state index in [2.05, 4.69) is 0 Å². The molecule has 210 valence electrons. The number of benzene rings is 1. The summed E-state index contributed by atoms with van der Waals surface area (Å²) < 4.78 is 4.98. The van der Waals surface area contributed by atoms with Gasteiger partial charge < -0.3 is 36.0 Å². The van der Waals surface area contributed by atoms with Crippen LogP contribution in [0, 0.1) is 11.8 Å². The molecule has 39 heavy (non-hydrogen) atoms. The maximum absolute atomic E-state index is 13.9. The molecule has 0 bridgehead atoms. The molecule has 0 fully saturated rings. The molecule has 11 nitrogen and oxygen atoms in total. The summed E-state index contributed by atoms with van der Waals surface area (Å²) in [6, 6.07) is 3.35. The third-order valence-electron chi connectivity index (χ3n) is 8.48. The fourth-order valence-electron chi connectivity index (χ4n) is 6.41. The number of fused-ring (bicyclic) bond motifs is 3. The van der Waals surface area contributed by atoms with E-state index < -0.39 is 87.4 Å². The molecule has 1 amide bonds. The molecular formula is C28H33NO10. The highest BCUT2D eigenvalue weighted by molar-refractivity contribution is 6.24. The van der Waals surface area contributed by atoms with Crippen molar-refractivity contribution >= 4 is 23.4 Å². The van der Waals surface area contributed by atoms with Crippen molar-refractivity contribution in [3.63, 3.8) is 0 Å². The van der Waals surface area contributed by atoms with Gasteiger partial charge in [0, 0.05) is 36.3 Å². The SMILES string of the molecule is CC(=O)OCCCC(C)(C)c1ccc2c(c1O)C(=O)C1=C(O)[C@]3(O)C(=O)C(C(N)=O)=C(O)C[C@@H]3[C@@H](O)[C@@H]1[C@H]2C. The van der Waals surface area contributed by atoms with Crippen molar-refractivity contribution in [1.29, 1.82) is 0 Å². The van der Waals surface area contributed by atoms with Gasteiger partial charge >= 0.3 is 5.97 Å². The fraction of sp³-hybridized carbons (Fsp3) is 0.500. The first kappa shape index (κ1) is 28.3. The molecule has 0 aliphatic heterocycles. The second-order valence-electron chi connectivity index (χ2n) is 11.2. The van der Waals surface area contributed by atoms with Crippen LogP contribution in [0.2, 0.25) is 0 Å². The number of esters is 1. The molecule has 7 N–H and O–H groups in total. The van der Waals surface area contributed by atoms with Crippen LogP contribution in [0.1, 0.15) is 74.4 Å². The van der Waals surface area contributed by atoms with Gasteiger partial charge in [0.15, 0.2) is 11.4 Å². The largest absolute Gasteiger partial charge is 0.511 e. The minimum absolute atomic E-state index is 0.128. The van der Waals surface area contributed by atoms with Crippen molar-refractivity contribution in [3.05, 3.63) is 51.5 Å². The number of aromatic hydroxyl groups is 1. The number of amides is 1. The normalized spacial score (nSPS) is 28.6. The number of primary amides is 1. The molecule has 0 aromatic heterocycles. The number of phenols is 1. The first-order chi connectivity index (χ1) is 18.1. The number of ether oxygens (including phenoxy) is 1. The zero-order valence-corrected chi connectivity index (χ0v) is 22.1. The summed E-state index contributed by atoms with van der Waals surface area (Å²) >= 11 is 0. The van der Waals surface area contributed by atoms with Crippen LogP contribution in [-0.4, -0.2) is 67.3 Å². The minimum Gasteiger partial charge on any atom is -0.511 e. The molecule has 3 aliphatic rings. The number of aliphatic hydroxyl groups is 4. The smallest absolute Gasteiger partial charge is 0.302 e. The van der Waals surface area contributed by atoms with Gasteiger partial charge in [0.25, 0.3) is 5.91 Å². The second-order valence-corrected chi connectivity index (χ2v) is 11.2. The number of allylic oxidation sites excluding steroid dienone is 1. The highest BCUT2D eigenvalue weighted by Gasteiger charge is 2.64. The standard InChI is InChI=1S/C28H33NO10/c1-11-13-6-7-14(27(3,4)8-5-9-39-12(2)30)21(32)18(13)23(34)20-17(11)22(33)15-10-16(31)19(26(29)37)24(35)28(15,38)25(20)36/h6-7,11,15,17,22,31-33,36,38H,5,8-10H2,1-4H3,(H2,29,37)/t11-,15+,17+,22+,28+/m0/s1. The van der Waals surface area contributed by atoms with Crippen LogP contribution in [0.3, 0.4) is 0 Å². The maximum atomic E-state index is 13.9. The third kappa shape index (κ3) is 4.11. The number of nitrogens with two attached hydrogens (primary N) is 1. The lowest BCUT2D eigenvalue weighted by molar-refractivity contribution is -0.154. The number of rotatable bonds is 6. The highest BCUT2D eigenvalue weighted by atomic mass is 16.5. The summed E-state index contributed by atoms with van der Waals surface area (Å²) in [4.78, 5) is 49.9. The number of ketones is 2. The summed E-state index contributed by atoms with van der Waals surface area (Å²) in [7, 11) is 0. The van der Waals surface area contributed by atoms with E-state index >= 15 is 0 Å². The van der Waals surface area contributed by atoms with Crippen molar-refractivity contribution in [2.75, 3.05) is 6.61 Å². The van der Waals surface area contributed by atoms with Crippen LogP contribution < -0.4 is 5.73 Å². The number of carbonyl (C=O) groups is 4. The quantitative estimate of drug-likeness (QED) is 0.174. The summed E-state index contributed by atoms with van der Waals surface area (Å²) in [5.41, 5.74) is 1.02. The van der Waals surface area contributed by atoms with Crippen molar-refractivity contribution in [2.45, 2.75) is 70.0 Å². The van der Waals surface area contributed by atoms with Crippen LogP contribution in [-0.2, 0) is 24.5 Å². The third-order valence-corrected chi connectivity index (χ3v) is 8.48. The van der Waals surface area contributed by atoms with Crippen LogP contribution in [0.4, 0.5) is 0 Å². The van der Waals surface area contributed by atoms with Crippen molar-refractivity contribution < 1.29 is 49.4 Å². The van der Waals surface area contributed by atoms with E-state index in [0.29, 0.717) is 24.0 Å². The molecule has 4 rings (SSSR count). The summed E-state index contributed by atoms with van der Waals surface area (Å²) in [5, 5.41) is 55.6. The lowest BCUT2D eigenvalue weighted by Crippen LogP contribution is -2.62. The maximum Gasteiger partial charge on any atom is 0.302 e. The first-order valence-electron chi connectivity index (χ1n) is 12.7. The predicted molar refractivity (Wildman–Crippen MR) is 136 cm³/mol. The number of hydrogen-bond acceptors (Lipinski definition) is 10. The molecule has 1 aromatic carbocycles. The van der Waals surface area contributed by atoms with E-state index in [4.69, 9.17) is 10.5 Å². The van der Waals surface area contributed by atoms with Gasteiger partial charge in [-0.3, -0.25) is 19.2 Å². The lowest BCUT2D eigenvalue weighted by Gasteiger charge is -2.50. The molecule has 0 radical (unpaired) electrons. The molecule has 1 aromatic rings. The van der Waals surface area contributed by atoms with Crippen LogP contribution in [0.15, 0.2) is 34.8 Å².